The quantitative estimate of drug-likeness (QED) is 0.712. The van der Waals surface area contributed by atoms with E-state index in [9.17, 15) is 5.11 Å². The first-order chi connectivity index (χ1) is 6.24. The van der Waals surface area contributed by atoms with Crippen LogP contribution in [0, 0.1) is 0 Å². The lowest BCUT2D eigenvalue weighted by molar-refractivity contribution is 0.0786. The molecule has 13 heavy (non-hydrogen) atoms. The maximum Gasteiger partial charge on any atom is 0.167 e. The van der Waals surface area contributed by atoms with Gasteiger partial charge in [0.15, 0.2) is 11.5 Å². The summed E-state index contributed by atoms with van der Waals surface area (Å²) in [5, 5.41) is 9.69. The van der Waals surface area contributed by atoms with Crippen LogP contribution in [-0.2, 0) is 0 Å². The van der Waals surface area contributed by atoms with Gasteiger partial charge in [-0.2, -0.15) is 0 Å². The SMILES string of the molecule is COc1cccc2c1OC(C)C2O. The van der Waals surface area contributed by atoms with Gasteiger partial charge in [0.25, 0.3) is 0 Å². The number of rotatable bonds is 1. The summed E-state index contributed by atoms with van der Waals surface area (Å²) in [6.07, 6.45) is -0.726. The molecule has 3 heteroatoms. The molecule has 1 heterocycles. The van der Waals surface area contributed by atoms with Crippen molar-refractivity contribution in [1.29, 1.82) is 0 Å². The second-order valence-electron chi connectivity index (χ2n) is 3.15. The van der Waals surface area contributed by atoms with E-state index in [1.54, 1.807) is 7.11 Å². The fourth-order valence-electron chi connectivity index (χ4n) is 1.56. The van der Waals surface area contributed by atoms with Crippen molar-refractivity contribution in [3.8, 4) is 11.5 Å². The van der Waals surface area contributed by atoms with Crippen molar-refractivity contribution in [1.82, 2.24) is 0 Å². The van der Waals surface area contributed by atoms with E-state index in [2.05, 4.69) is 0 Å². The minimum Gasteiger partial charge on any atom is -0.493 e. The Balaban J connectivity index is 2.49. The van der Waals surface area contributed by atoms with Crippen molar-refractivity contribution in [2.45, 2.75) is 19.1 Å². The normalized spacial score (nSPS) is 25.2. The van der Waals surface area contributed by atoms with Gasteiger partial charge in [-0.1, -0.05) is 12.1 Å². The van der Waals surface area contributed by atoms with Crippen molar-refractivity contribution in [3.05, 3.63) is 23.8 Å². The highest BCUT2D eigenvalue weighted by molar-refractivity contribution is 5.50. The first-order valence-electron chi connectivity index (χ1n) is 4.25. The third kappa shape index (κ3) is 1.16. The monoisotopic (exact) mass is 180 g/mol. The Bertz CT molecular complexity index is 322. The molecule has 0 radical (unpaired) electrons. The molecule has 2 unspecified atom stereocenters. The predicted octanol–water partition coefficient (Wildman–Crippen LogP) is 1.51. The lowest BCUT2D eigenvalue weighted by Crippen LogP contribution is -2.12. The minimum absolute atomic E-state index is 0.189. The van der Waals surface area contributed by atoms with E-state index in [1.165, 1.54) is 0 Å². The van der Waals surface area contributed by atoms with Crippen LogP contribution in [0.5, 0.6) is 11.5 Å². The number of methoxy groups -OCH3 is 1. The van der Waals surface area contributed by atoms with Crippen molar-refractivity contribution in [3.63, 3.8) is 0 Å². The summed E-state index contributed by atoms with van der Waals surface area (Å²) in [7, 11) is 1.59. The largest absolute Gasteiger partial charge is 0.493 e. The molecule has 1 aliphatic heterocycles. The van der Waals surface area contributed by atoms with Crippen LogP contribution >= 0.6 is 0 Å². The smallest absolute Gasteiger partial charge is 0.167 e. The van der Waals surface area contributed by atoms with E-state index in [0.29, 0.717) is 11.5 Å². The van der Waals surface area contributed by atoms with Crippen LogP contribution in [0.2, 0.25) is 0 Å². The predicted molar refractivity (Wildman–Crippen MR) is 48.0 cm³/mol. The minimum atomic E-state index is -0.537. The fraction of sp³-hybridized carbons (Fsp3) is 0.400. The third-order valence-electron chi connectivity index (χ3n) is 2.30. The van der Waals surface area contributed by atoms with Gasteiger partial charge < -0.3 is 14.6 Å². The van der Waals surface area contributed by atoms with Crippen LogP contribution in [0.15, 0.2) is 18.2 Å². The molecule has 1 aromatic carbocycles. The summed E-state index contributed by atoms with van der Waals surface area (Å²) in [5.41, 5.74) is 0.812. The van der Waals surface area contributed by atoms with Crippen LogP contribution in [0.1, 0.15) is 18.6 Å². The lowest BCUT2D eigenvalue weighted by atomic mass is 10.1. The molecule has 0 aliphatic carbocycles. The Morgan fingerprint density at radius 1 is 1.46 bits per heavy atom. The molecule has 70 valence electrons. The Morgan fingerprint density at radius 3 is 2.92 bits per heavy atom. The fourth-order valence-corrected chi connectivity index (χ4v) is 1.56. The Kier molecular flexibility index (Phi) is 1.88. The number of hydrogen-bond donors (Lipinski definition) is 1. The third-order valence-corrected chi connectivity index (χ3v) is 2.30. The van der Waals surface area contributed by atoms with Gasteiger partial charge in [-0.15, -0.1) is 0 Å². The highest BCUT2D eigenvalue weighted by atomic mass is 16.5. The number of benzene rings is 1. The molecular formula is C10H12O3. The van der Waals surface area contributed by atoms with Gasteiger partial charge >= 0.3 is 0 Å². The van der Waals surface area contributed by atoms with E-state index in [4.69, 9.17) is 9.47 Å². The van der Waals surface area contributed by atoms with Gasteiger partial charge in [-0.25, -0.2) is 0 Å². The molecule has 2 atom stereocenters. The van der Waals surface area contributed by atoms with Crippen molar-refractivity contribution in [2.24, 2.45) is 0 Å². The molecule has 0 fully saturated rings. The summed E-state index contributed by atoms with van der Waals surface area (Å²) in [6, 6.07) is 5.53. The van der Waals surface area contributed by atoms with Crippen LogP contribution in [0.4, 0.5) is 0 Å². The Labute approximate surface area is 76.9 Å². The molecule has 0 spiro atoms. The van der Waals surface area contributed by atoms with E-state index in [1.807, 2.05) is 25.1 Å². The van der Waals surface area contributed by atoms with Gasteiger partial charge in [0, 0.05) is 5.56 Å². The summed E-state index contributed by atoms with van der Waals surface area (Å²) < 4.78 is 10.6. The zero-order chi connectivity index (χ0) is 9.42. The molecule has 2 rings (SSSR count). The maximum absolute atomic E-state index is 9.69. The second kappa shape index (κ2) is 2.92. The van der Waals surface area contributed by atoms with Crippen LogP contribution in [0.3, 0.4) is 0 Å². The number of hydrogen-bond acceptors (Lipinski definition) is 3. The Hall–Kier alpha value is -1.22. The maximum atomic E-state index is 9.69. The molecule has 1 N–H and O–H groups in total. The summed E-state index contributed by atoms with van der Waals surface area (Å²) in [4.78, 5) is 0. The van der Waals surface area contributed by atoms with Crippen molar-refractivity contribution in [2.75, 3.05) is 7.11 Å². The summed E-state index contributed by atoms with van der Waals surface area (Å²) in [6.45, 7) is 1.84. The van der Waals surface area contributed by atoms with Crippen LogP contribution < -0.4 is 9.47 Å². The number of ether oxygens (including phenoxy) is 2. The topological polar surface area (TPSA) is 38.7 Å². The lowest BCUT2D eigenvalue weighted by Gasteiger charge is -2.07. The highest BCUT2D eigenvalue weighted by Crippen LogP contribution is 2.42. The average molecular weight is 180 g/mol. The molecule has 0 saturated heterocycles. The van der Waals surface area contributed by atoms with Crippen molar-refractivity contribution >= 4 is 0 Å². The average Bonchev–Trinajstić information content (AvgIpc) is 2.43. The zero-order valence-corrected chi connectivity index (χ0v) is 7.65. The van der Waals surface area contributed by atoms with Crippen LogP contribution in [0.25, 0.3) is 0 Å². The van der Waals surface area contributed by atoms with Gasteiger partial charge in [-0.05, 0) is 13.0 Å². The van der Waals surface area contributed by atoms with Gasteiger partial charge in [0.1, 0.15) is 12.2 Å². The Morgan fingerprint density at radius 2 is 2.23 bits per heavy atom. The molecule has 1 aliphatic rings. The molecule has 0 bridgehead atoms. The van der Waals surface area contributed by atoms with Crippen molar-refractivity contribution < 1.29 is 14.6 Å². The number of fused-ring (bicyclic) bond motifs is 1. The molecule has 1 aromatic rings. The van der Waals surface area contributed by atoms with Gasteiger partial charge in [0.2, 0.25) is 0 Å². The first-order valence-corrected chi connectivity index (χ1v) is 4.25. The number of aliphatic hydroxyl groups is 1. The van der Waals surface area contributed by atoms with Gasteiger partial charge in [0.05, 0.1) is 7.11 Å². The second-order valence-corrected chi connectivity index (χ2v) is 3.15. The van der Waals surface area contributed by atoms with E-state index in [0.717, 1.165) is 5.56 Å². The van der Waals surface area contributed by atoms with E-state index in [-0.39, 0.29) is 6.10 Å². The highest BCUT2D eigenvalue weighted by Gasteiger charge is 2.31. The number of aliphatic hydroxyl groups excluding tert-OH is 1. The molecule has 0 amide bonds. The van der Waals surface area contributed by atoms with E-state index < -0.39 is 6.10 Å². The van der Waals surface area contributed by atoms with Gasteiger partial charge in [-0.3, -0.25) is 0 Å². The zero-order valence-electron chi connectivity index (χ0n) is 7.65. The summed E-state index contributed by atoms with van der Waals surface area (Å²) >= 11 is 0. The van der Waals surface area contributed by atoms with E-state index >= 15 is 0 Å². The molecular weight excluding hydrogens is 168 g/mol. The molecule has 0 aromatic heterocycles. The van der Waals surface area contributed by atoms with Crippen LogP contribution in [-0.4, -0.2) is 18.3 Å². The number of para-hydroxylation sites is 1. The summed E-state index contributed by atoms with van der Waals surface area (Å²) in [5.74, 6) is 1.35. The molecule has 0 saturated carbocycles. The standard InChI is InChI=1S/C10H12O3/c1-6-9(11)7-4-3-5-8(12-2)10(7)13-6/h3-6,9,11H,1-2H3. The first kappa shape index (κ1) is 8.38. The molecule has 3 nitrogen and oxygen atoms in total.